The van der Waals surface area contributed by atoms with Crippen molar-refractivity contribution in [2.45, 2.75) is 183 Å². The summed E-state index contributed by atoms with van der Waals surface area (Å²) in [6.07, 6.45) is 5.98. The molecule has 564 valence electrons. The molecular formula is C80H98BrN10O12PS2. The Morgan fingerprint density at radius 1 is 0.425 bits per heavy atom. The monoisotopic (exact) mass is 1560 g/mol. The lowest BCUT2D eigenvalue weighted by Gasteiger charge is -2.20. The molecule has 0 aliphatic carbocycles. The quantitative estimate of drug-likeness (QED) is 0.0407. The number of carbonyl (C=O) groups excluding carboxylic acids is 8. The number of Topliss-reactive ketones (excluding diaryl/α,β-unsaturated/α-hetero) is 4. The predicted octanol–water partition coefficient (Wildman–Crippen LogP) is 18.0. The topological polar surface area (TPSA) is 295 Å². The minimum Gasteiger partial charge on any atom is -0.444 e. The van der Waals surface area contributed by atoms with Gasteiger partial charge >= 0.3 is 24.4 Å². The van der Waals surface area contributed by atoms with Crippen LogP contribution in [0.25, 0.3) is 24.3 Å². The molecule has 0 aromatic heterocycles. The number of aliphatic imine (C=N–C) groups is 4. The first-order valence-corrected chi connectivity index (χ1v) is 38.3. The number of alkyl carbamates (subject to hydrolysis) is 4. The molecule has 9 rings (SSSR count). The van der Waals surface area contributed by atoms with Crippen molar-refractivity contribution >= 4 is 165 Å². The van der Waals surface area contributed by atoms with Gasteiger partial charge in [0.2, 0.25) is 0 Å². The van der Waals surface area contributed by atoms with Crippen LogP contribution in [0.3, 0.4) is 0 Å². The fourth-order valence-electron chi connectivity index (χ4n) is 9.85. The first-order chi connectivity index (χ1) is 49.6. The van der Waals surface area contributed by atoms with Gasteiger partial charge in [0, 0.05) is 98.4 Å². The standard InChI is InChI=1S/C24H26N2O3S.2C19H25N3O3.C17H19BrN2O3.CH3PS/c1-16(27)19-12-18-10-11-20(30-15-17-8-6-5-7-9-17)14-21(18)25-22(13-19)26-23(28)29-24(2,3)4;2*1-12(23)15-9-14-7-6-13(11-20-5)8-16(14)21-17(10-15)22-18(24)25-19(2,3)4;1-10(21)12-7-11-5-6-13(18)9-14(11)19-15(8-12)20-16(22)23-17(2,3)4;1-2-3/h5-12,14H,13,15H2,1-4H3,(H,25,26,28);2*6-9,20H,10-11H2,1-5H3,(H,21,22,24);5-7,9H,8H2,1-4H3,(H,19,20,22);1H3. The summed E-state index contributed by atoms with van der Waals surface area (Å²) in [6, 6.07) is 33.6. The first kappa shape index (κ1) is 87.4. The Kier molecular flexibility index (Phi) is 33.4. The van der Waals surface area contributed by atoms with Gasteiger partial charge in [0.05, 0.1) is 22.7 Å². The second-order valence-corrected chi connectivity index (χ2v) is 32.0. The number of amidine groups is 4. The summed E-state index contributed by atoms with van der Waals surface area (Å²) in [4.78, 5) is 115. The van der Waals surface area contributed by atoms with Gasteiger partial charge < -0.3 is 29.6 Å². The van der Waals surface area contributed by atoms with Crippen LogP contribution in [0.4, 0.5) is 41.9 Å². The zero-order chi connectivity index (χ0) is 78.9. The van der Waals surface area contributed by atoms with E-state index >= 15 is 0 Å². The Morgan fingerprint density at radius 2 is 0.708 bits per heavy atom. The molecule has 5 aromatic carbocycles. The number of fused-ring (bicyclic) bond motifs is 4. The highest BCUT2D eigenvalue weighted by Crippen LogP contribution is 2.35. The van der Waals surface area contributed by atoms with E-state index in [4.69, 9.17) is 18.9 Å². The van der Waals surface area contributed by atoms with E-state index < -0.39 is 46.8 Å². The number of carbonyl (C=O) groups is 8. The van der Waals surface area contributed by atoms with Crippen molar-refractivity contribution in [3.63, 3.8) is 0 Å². The molecule has 5 aromatic rings. The zero-order valence-electron chi connectivity index (χ0n) is 63.9. The van der Waals surface area contributed by atoms with Crippen LogP contribution in [0.5, 0.6) is 0 Å². The van der Waals surface area contributed by atoms with Crippen molar-refractivity contribution in [1.29, 1.82) is 0 Å². The van der Waals surface area contributed by atoms with E-state index in [0.717, 1.165) is 72.9 Å². The van der Waals surface area contributed by atoms with E-state index in [1.165, 1.54) is 33.3 Å². The Balaban J connectivity index is 0.000000251. The molecule has 4 aliphatic rings. The normalized spacial score (nSPS) is 13.7. The van der Waals surface area contributed by atoms with Gasteiger partial charge in [-0.1, -0.05) is 94.5 Å². The van der Waals surface area contributed by atoms with Gasteiger partial charge in [0.15, 0.2) is 23.1 Å². The van der Waals surface area contributed by atoms with Crippen molar-refractivity contribution in [1.82, 2.24) is 31.9 Å². The number of benzene rings is 5. The molecule has 4 amide bonds. The molecule has 0 unspecified atom stereocenters. The van der Waals surface area contributed by atoms with E-state index in [2.05, 4.69) is 91.7 Å². The Morgan fingerprint density at radius 3 is 1.00 bits per heavy atom. The minimum atomic E-state index is -0.617. The number of thioether (sulfide) groups is 1. The van der Waals surface area contributed by atoms with Gasteiger partial charge in [-0.3, -0.25) is 40.4 Å². The van der Waals surface area contributed by atoms with Crippen LogP contribution in [-0.4, -0.2) is 114 Å². The maximum Gasteiger partial charge on any atom is 0.413 e. The summed E-state index contributed by atoms with van der Waals surface area (Å²) in [7, 11) is 4.75. The summed E-state index contributed by atoms with van der Waals surface area (Å²) < 4.78 is 22.0. The number of halogens is 1. The third kappa shape index (κ3) is 31.8. The Bertz CT molecular complexity index is 4230. The van der Waals surface area contributed by atoms with Crippen LogP contribution >= 0.6 is 35.0 Å². The SMILES string of the molecule is CC(=O)C1=Cc2ccc(Br)cc2N=C(NC(=O)OC(C)(C)C)C1.CC(=O)C1=Cc2ccc(SCc3ccccc3)cc2N=C(NC(=O)OC(C)(C)C)C1.CNCc1ccc2c(c1)N=C(NC(=O)OC(C)(C)C)CC(C(C)=O)=C2.CNCc1ccc2c(c1)N=C(NC(=O)OC(C)(C)C)CC(C(C)=O)=C2.CP=S. The van der Waals surface area contributed by atoms with Crippen LogP contribution in [0.15, 0.2) is 155 Å². The molecule has 6 N–H and O–H groups in total. The van der Waals surface area contributed by atoms with Crippen LogP contribution in [0, 0.1) is 0 Å². The van der Waals surface area contributed by atoms with Gasteiger partial charge in [-0.2, -0.15) is 0 Å². The van der Waals surface area contributed by atoms with E-state index in [0.29, 0.717) is 64.4 Å². The highest BCUT2D eigenvalue weighted by molar-refractivity contribution is 9.10. The van der Waals surface area contributed by atoms with E-state index in [1.54, 1.807) is 101 Å². The van der Waals surface area contributed by atoms with Gasteiger partial charge in [-0.25, -0.2) is 39.1 Å². The fourth-order valence-corrected chi connectivity index (χ4v) is 11.1. The lowest BCUT2D eigenvalue weighted by atomic mass is 10.0. The van der Waals surface area contributed by atoms with Crippen LogP contribution < -0.4 is 31.9 Å². The minimum absolute atomic E-state index is 0.0501. The highest BCUT2D eigenvalue weighted by atomic mass is 79.9. The van der Waals surface area contributed by atoms with Gasteiger partial charge in [-0.05, 0) is 216 Å². The van der Waals surface area contributed by atoms with Crippen LogP contribution in [0.1, 0.15) is 175 Å². The molecule has 0 fully saturated rings. The van der Waals surface area contributed by atoms with Gasteiger partial charge in [0.25, 0.3) is 0 Å². The number of nitrogens with zero attached hydrogens (tertiary/aromatic N) is 4. The number of amides is 4. The van der Waals surface area contributed by atoms with E-state index in [9.17, 15) is 38.4 Å². The molecule has 0 radical (unpaired) electrons. The molecule has 4 heterocycles. The number of hydrogen-bond donors (Lipinski definition) is 6. The molecule has 0 atom stereocenters. The molecule has 0 saturated heterocycles. The van der Waals surface area contributed by atoms with Crippen molar-refractivity contribution in [3.8, 4) is 0 Å². The fraction of sp³-hybridized carbons (Fsp3) is 0.375. The van der Waals surface area contributed by atoms with Gasteiger partial charge in [0.1, 0.15) is 45.7 Å². The maximum absolute atomic E-state index is 12.2. The van der Waals surface area contributed by atoms with Crippen molar-refractivity contribution in [3.05, 3.63) is 169 Å². The van der Waals surface area contributed by atoms with E-state index in [1.807, 2.05) is 130 Å². The maximum atomic E-state index is 12.2. The van der Waals surface area contributed by atoms with Crippen molar-refractivity contribution < 1.29 is 57.3 Å². The Hall–Kier alpha value is -9.23. The van der Waals surface area contributed by atoms with E-state index in [-0.39, 0.29) is 48.8 Å². The summed E-state index contributed by atoms with van der Waals surface area (Å²) in [5.41, 5.74) is 9.54. The summed E-state index contributed by atoms with van der Waals surface area (Å²) in [6.45, 7) is 30.9. The summed E-state index contributed by atoms with van der Waals surface area (Å²) in [5, 5.41) is 16.9. The molecular weight excluding hydrogens is 1470 g/mol. The molecule has 26 heteroatoms. The second kappa shape index (κ2) is 40.5. The number of ketones is 4. The lowest BCUT2D eigenvalue weighted by molar-refractivity contribution is -0.114. The summed E-state index contributed by atoms with van der Waals surface area (Å²) >= 11 is 9.48. The second-order valence-electron chi connectivity index (χ2n) is 28.6. The third-order valence-corrected chi connectivity index (χ3v) is 15.9. The lowest BCUT2D eigenvalue weighted by Crippen LogP contribution is -2.36. The third-order valence-electron chi connectivity index (χ3n) is 14.4. The zero-order valence-corrected chi connectivity index (χ0v) is 68.0. The Labute approximate surface area is 642 Å². The molecule has 0 spiro atoms. The first-order valence-electron chi connectivity index (χ1n) is 34.1. The summed E-state index contributed by atoms with van der Waals surface area (Å²) in [5.74, 6) is 2.22. The predicted molar refractivity (Wildman–Crippen MR) is 434 cm³/mol. The van der Waals surface area contributed by atoms with Gasteiger partial charge in [-0.15, -0.1) is 11.8 Å². The van der Waals surface area contributed by atoms with Crippen molar-refractivity contribution in [2.75, 3.05) is 20.8 Å². The number of rotatable bonds is 11. The van der Waals surface area contributed by atoms with Crippen LogP contribution in [0.2, 0.25) is 0 Å². The average molecular weight is 1570 g/mol. The largest absolute Gasteiger partial charge is 0.444 e. The number of hydrogen-bond acceptors (Lipinski definition) is 20. The molecule has 0 saturated carbocycles. The molecule has 22 nitrogen and oxygen atoms in total. The number of ether oxygens (including phenoxy) is 4. The molecule has 0 bridgehead atoms. The molecule has 106 heavy (non-hydrogen) atoms. The van der Waals surface area contributed by atoms with Crippen molar-refractivity contribution in [2.24, 2.45) is 20.0 Å². The highest BCUT2D eigenvalue weighted by Gasteiger charge is 2.26. The molecule has 4 aliphatic heterocycles. The average Bonchev–Trinajstić information content (AvgIpc) is 1.69. The number of nitrogens with one attached hydrogen (secondary N) is 6. The smallest absolute Gasteiger partial charge is 0.413 e. The van der Waals surface area contributed by atoms with Crippen LogP contribution in [-0.2, 0) is 68.8 Å².